The molecule has 0 saturated carbocycles. The van der Waals surface area contributed by atoms with Gasteiger partial charge in [0, 0.05) is 17.2 Å². The highest BCUT2D eigenvalue weighted by Gasteiger charge is 2.36. The van der Waals surface area contributed by atoms with Crippen molar-refractivity contribution in [3.05, 3.63) is 52.1 Å². The summed E-state index contributed by atoms with van der Waals surface area (Å²) in [6.45, 7) is 0. The van der Waals surface area contributed by atoms with Crippen LogP contribution in [-0.4, -0.2) is 44.0 Å². The number of phenolic OH excluding ortho intramolecular Hbond substituents is 1. The van der Waals surface area contributed by atoms with E-state index >= 15 is 0 Å². The van der Waals surface area contributed by atoms with Crippen LogP contribution in [-0.2, 0) is 4.74 Å². The molecule has 0 fully saturated rings. The fourth-order valence-corrected chi connectivity index (χ4v) is 2.83. The molecule has 2 aromatic carbocycles. The summed E-state index contributed by atoms with van der Waals surface area (Å²) >= 11 is 0. The van der Waals surface area contributed by atoms with Crippen LogP contribution in [0.15, 0.2) is 24.3 Å². The van der Waals surface area contributed by atoms with E-state index in [0.717, 1.165) is 6.07 Å². The van der Waals surface area contributed by atoms with E-state index < -0.39 is 23.3 Å². The van der Waals surface area contributed by atoms with E-state index in [-0.39, 0.29) is 33.6 Å². The first-order valence-electron chi connectivity index (χ1n) is 7.23. The maximum atomic E-state index is 12.9. The molecule has 0 amide bonds. The second kappa shape index (κ2) is 5.94. The molecule has 1 N–H and O–H groups in total. The highest BCUT2D eigenvalue weighted by atomic mass is 16.5. The average molecular weight is 342 g/mol. The van der Waals surface area contributed by atoms with Gasteiger partial charge < -0.3 is 19.3 Å². The minimum Gasteiger partial charge on any atom is -0.507 e. The largest absolute Gasteiger partial charge is 0.507 e. The van der Waals surface area contributed by atoms with Gasteiger partial charge in [-0.1, -0.05) is 0 Å². The van der Waals surface area contributed by atoms with Crippen molar-refractivity contribution < 1.29 is 33.7 Å². The van der Waals surface area contributed by atoms with E-state index in [4.69, 9.17) is 9.47 Å². The number of carbonyl (C=O) groups excluding carboxylic acids is 3. The molecule has 0 atom stereocenters. The lowest BCUT2D eigenvalue weighted by molar-refractivity contribution is 0.0600. The van der Waals surface area contributed by atoms with Gasteiger partial charge in [0.05, 0.1) is 38.0 Å². The number of aromatic hydroxyl groups is 1. The number of rotatable bonds is 3. The van der Waals surface area contributed by atoms with Gasteiger partial charge in [-0.2, -0.15) is 0 Å². The van der Waals surface area contributed by atoms with Crippen molar-refractivity contribution in [3.8, 4) is 17.2 Å². The minimum absolute atomic E-state index is 0.0316. The van der Waals surface area contributed by atoms with Crippen molar-refractivity contribution in [1.82, 2.24) is 0 Å². The number of hydrogen-bond acceptors (Lipinski definition) is 7. The Kier molecular flexibility index (Phi) is 3.92. The molecule has 0 saturated heterocycles. The number of benzene rings is 2. The van der Waals surface area contributed by atoms with Gasteiger partial charge in [0.2, 0.25) is 0 Å². The zero-order valence-electron chi connectivity index (χ0n) is 13.7. The van der Waals surface area contributed by atoms with Crippen LogP contribution in [0.1, 0.15) is 42.2 Å². The van der Waals surface area contributed by atoms with Crippen LogP contribution in [0.5, 0.6) is 17.2 Å². The Bertz CT molecular complexity index is 928. The Morgan fingerprint density at radius 2 is 1.52 bits per heavy atom. The Morgan fingerprint density at radius 1 is 0.880 bits per heavy atom. The summed E-state index contributed by atoms with van der Waals surface area (Å²) in [5, 5.41) is 10.2. The summed E-state index contributed by atoms with van der Waals surface area (Å²) in [6.07, 6.45) is 0. The van der Waals surface area contributed by atoms with Crippen molar-refractivity contribution in [3.63, 3.8) is 0 Å². The van der Waals surface area contributed by atoms with Crippen LogP contribution >= 0.6 is 0 Å². The van der Waals surface area contributed by atoms with E-state index in [1.807, 2.05) is 0 Å². The molecule has 0 heterocycles. The van der Waals surface area contributed by atoms with Gasteiger partial charge in [0.1, 0.15) is 17.2 Å². The lowest BCUT2D eigenvalue weighted by atomic mass is 9.82. The van der Waals surface area contributed by atoms with Gasteiger partial charge in [-0.15, -0.1) is 0 Å². The molecule has 128 valence electrons. The predicted molar refractivity (Wildman–Crippen MR) is 85.9 cm³/mol. The van der Waals surface area contributed by atoms with Gasteiger partial charge in [-0.05, 0) is 18.2 Å². The lowest BCUT2D eigenvalue weighted by Crippen LogP contribution is -2.23. The molecule has 0 bridgehead atoms. The maximum Gasteiger partial charge on any atom is 0.338 e. The van der Waals surface area contributed by atoms with Gasteiger partial charge in [-0.25, -0.2) is 4.79 Å². The molecule has 25 heavy (non-hydrogen) atoms. The first-order valence-corrected chi connectivity index (χ1v) is 7.23. The van der Waals surface area contributed by atoms with E-state index in [1.54, 1.807) is 0 Å². The third-order valence-corrected chi connectivity index (χ3v) is 4.01. The number of phenols is 1. The number of ketones is 2. The van der Waals surface area contributed by atoms with Crippen LogP contribution in [0, 0.1) is 0 Å². The fraction of sp³-hybridized carbons (Fsp3) is 0.167. The first-order chi connectivity index (χ1) is 11.9. The molecule has 7 heteroatoms. The summed E-state index contributed by atoms with van der Waals surface area (Å²) in [4.78, 5) is 37.5. The molecule has 0 aliphatic heterocycles. The number of methoxy groups -OCH3 is 3. The second-order valence-electron chi connectivity index (χ2n) is 5.32. The number of carbonyl (C=O) groups is 3. The van der Waals surface area contributed by atoms with E-state index in [1.165, 1.54) is 39.5 Å². The first kappa shape index (κ1) is 16.5. The highest BCUT2D eigenvalue weighted by molar-refractivity contribution is 6.30. The number of fused-ring (bicyclic) bond motifs is 2. The van der Waals surface area contributed by atoms with E-state index in [0.29, 0.717) is 5.75 Å². The quantitative estimate of drug-likeness (QED) is 0.726. The zero-order chi connectivity index (χ0) is 18.3. The third-order valence-electron chi connectivity index (χ3n) is 4.01. The Balaban J connectivity index is 2.30. The molecule has 3 rings (SSSR count). The number of esters is 1. The Hall–Kier alpha value is -3.35. The molecule has 7 nitrogen and oxygen atoms in total. The van der Waals surface area contributed by atoms with Crippen LogP contribution in [0.2, 0.25) is 0 Å². The molecular weight excluding hydrogens is 328 g/mol. The summed E-state index contributed by atoms with van der Waals surface area (Å²) in [5.74, 6) is -1.79. The van der Waals surface area contributed by atoms with Gasteiger partial charge in [-0.3, -0.25) is 9.59 Å². The van der Waals surface area contributed by atoms with Gasteiger partial charge >= 0.3 is 5.97 Å². The van der Waals surface area contributed by atoms with Crippen molar-refractivity contribution >= 4 is 17.5 Å². The summed E-state index contributed by atoms with van der Waals surface area (Å²) in [5.41, 5.74) is -0.158. The van der Waals surface area contributed by atoms with Crippen molar-refractivity contribution in [2.45, 2.75) is 0 Å². The zero-order valence-corrected chi connectivity index (χ0v) is 13.7. The maximum absolute atomic E-state index is 12.9. The molecule has 1 aliphatic rings. The standard InChI is InChI=1S/C18H14O7/c1-23-9-6-11-15(13(7-9)24-2)17(21)10-4-8(18(22)25-3)5-12(19)14(10)16(11)20/h4-7,19H,1-3H3. The van der Waals surface area contributed by atoms with Crippen LogP contribution < -0.4 is 9.47 Å². The normalized spacial score (nSPS) is 12.3. The molecule has 0 radical (unpaired) electrons. The summed E-state index contributed by atoms with van der Waals surface area (Å²) < 4.78 is 14.9. The van der Waals surface area contributed by atoms with Crippen molar-refractivity contribution in [2.24, 2.45) is 0 Å². The molecule has 1 aliphatic carbocycles. The average Bonchev–Trinajstić information content (AvgIpc) is 2.63. The van der Waals surface area contributed by atoms with Crippen molar-refractivity contribution in [1.29, 1.82) is 0 Å². The topological polar surface area (TPSA) is 99.1 Å². The Labute approximate surface area is 142 Å². The third kappa shape index (κ3) is 2.40. The highest BCUT2D eigenvalue weighted by Crippen LogP contribution is 2.39. The van der Waals surface area contributed by atoms with Crippen LogP contribution in [0.25, 0.3) is 0 Å². The van der Waals surface area contributed by atoms with Crippen molar-refractivity contribution in [2.75, 3.05) is 21.3 Å². The Morgan fingerprint density at radius 3 is 2.12 bits per heavy atom. The summed E-state index contributed by atoms with van der Waals surface area (Å²) in [6, 6.07) is 5.22. The smallest absolute Gasteiger partial charge is 0.338 e. The SMILES string of the molecule is COC(=O)c1cc(O)c2c(c1)C(=O)c1c(OC)cc(OC)cc1C2=O. The van der Waals surface area contributed by atoms with Gasteiger partial charge in [0.25, 0.3) is 0 Å². The van der Waals surface area contributed by atoms with Crippen LogP contribution in [0.4, 0.5) is 0 Å². The molecule has 0 aromatic heterocycles. The second-order valence-corrected chi connectivity index (χ2v) is 5.32. The minimum atomic E-state index is -0.731. The van der Waals surface area contributed by atoms with Gasteiger partial charge in [0.15, 0.2) is 11.6 Å². The van der Waals surface area contributed by atoms with E-state index in [2.05, 4.69) is 4.74 Å². The molecule has 0 unspecified atom stereocenters. The number of ether oxygens (including phenoxy) is 3. The van der Waals surface area contributed by atoms with E-state index in [9.17, 15) is 19.5 Å². The molecule has 0 spiro atoms. The molecular formula is C18H14O7. The van der Waals surface area contributed by atoms with Crippen LogP contribution in [0.3, 0.4) is 0 Å². The monoisotopic (exact) mass is 342 g/mol. The summed E-state index contributed by atoms with van der Waals surface area (Å²) in [7, 11) is 3.96. The lowest BCUT2D eigenvalue weighted by Gasteiger charge is -2.21. The fourth-order valence-electron chi connectivity index (χ4n) is 2.83. The predicted octanol–water partition coefficient (Wildman–Crippen LogP) is 1.97. The number of hydrogen-bond donors (Lipinski definition) is 1. The molecule has 2 aromatic rings.